The quantitative estimate of drug-likeness (QED) is 0.145. The molecule has 0 spiro atoms. The van der Waals surface area contributed by atoms with Crippen LogP contribution in [0.25, 0.3) is 22.6 Å². The first kappa shape index (κ1) is 30.6. The van der Waals surface area contributed by atoms with Crippen molar-refractivity contribution in [3.63, 3.8) is 0 Å². The SMILES string of the molecule is OC1(c2cccc(-c3[c-]cco3)n2)c2ccccc2-c2ccccc21.[Pt].c1ccc([PH+](c2ccccc2)c2ccccc2)cc1. The molecule has 0 saturated heterocycles. The number of aromatic nitrogens is 1. The van der Waals surface area contributed by atoms with Crippen molar-refractivity contribution >= 4 is 23.8 Å². The molecule has 0 unspecified atom stereocenters. The smallest absolute Gasteiger partial charge is 0.157 e. The Morgan fingerprint density at radius 2 is 1.02 bits per heavy atom. The summed E-state index contributed by atoms with van der Waals surface area (Å²) < 4.78 is 5.41. The number of aliphatic hydroxyl groups is 1. The second kappa shape index (κ2) is 13.7. The van der Waals surface area contributed by atoms with Crippen molar-refractivity contribution in [2.75, 3.05) is 0 Å². The van der Waals surface area contributed by atoms with Crippen LogP contribution in [-0.2, 0) is 26.7 Å². The van der Waals surface area contributed by atoms with Gasteiger partial charge in [0.2, 0.25) is 0 Å². The van der Waals surface area contributed by atoms with Crippen molar-refractivity contribution in [3.05, 3.63) is 193 Å². The summed E-state index contributed by atoms with van der Waals surface area (Å²) in [5, 5.41) is 16.1. The van der Waals surface area contributed by atoms with Crippen LogP contribution >= 0.6 is 7.92 Å². The maximum absolute atomic E-state index is 11.8. The van der Waals surface area contributed by atoms with Gasteiger partial charge in [0.1, 0.15) is 15.9 Å². The fourth-order valence-electron chi connectivity index (χ4n) is 5.95. The van der Waals surface area contributed by atoms with Crippen LogP contribution in [0, 0.1) is 6.07 Å². The van der Waals surface area contributed by atoms with Crippen LogP contribution in [0.3, 0.4) is 0 Å². The second-order valence-electron chi connectivity index (χ2n) is 10.6. The summed E-state index contributed by atoms with van der Waals surface area (Å²) in [4.78, 5) is 4.69. The summed E-state index contributed by atoms with van der Waals surface area (Å²) in [6.45, 7) is 0. The van der Waals surface area contributed by atoms with Gasteiger partial charge in [0.15, 0.2) is 5.60 Å². The zero-order chi connectivity index (χ0) is 29.8. The third kappa shape index (κ3) is 6.00. The maximum Gasteiger partial charge on any atom is 0.157 e. The summed E-state index contributed by atoms with van der Waals surface area (Å²) in [5.74, 6) is 0.560. The van der Waals surface area contributed by atoms with Gasteiger partial charge in [-0.1, -0.05) is 115 Å². The molecular formula is C40H30NO2PPt. The Kier molecular flexibility index (Phi) is 9.34. The molecule has 8 rings (SSSR count). The monoisotopic (exact) mass is 782 g/mol. The van der Waals surface area contributed by atoms with E-state index in [1.165, 1.54) is 15.9 Å². The maximum atomic E-state index is 11.8. The number of pyridine rings is 1. The normalized spacial score (nSPS) is 12.3. The van der Waals surface area contributed by atoms with Crippen molar-refractivity contribution in [1.29, 1.82) is 0 Å². The van der Waals surface area contributed by atoms with E-state index in [0.717, 1.165) is 22.3 Å². The molecule has 3 nitrogen and oxygen atoms in total. The van der Waals surface area contributed by atoms with Crippen molar-refractivity contribution in [2.45, 2.75) is 5.60 Å². The largest absolute Gasteiger partial charge is 0.545 e. The molecule has 0 atom stereocenters. The van der Waals surface area contributed by atoms with E-state index in [1.54, 1.807) is 12.3 Å². The summed E-state index contributed by atoms with van der Waals surface area (Å²) >= 11 is 0. The summed E-state index contributed by atoms with van der Waals surface area (Å²) in [5.41, 5.74) is 3.73. The Hall–Kier alpha value is -4.39. The first-order chi connectivity index (χ1) is 21.7. The minimum absolute atomic E-state index is 0. The van der Waals surface area contributed by atoms with Crippen LogP contribution in [0.15, 0.2) is 174 Å². The Balaban J connectivity index is 0.000000161. The first-order valence-electron chi connectivity index (χ1n) is 14.6. The Morgan fingerprint density at radius 1 is 0.556 bits per heavy atom. The van der Waals surface area contributed by atoms with Gasteiger partial charge in [0.05, 0.1) is 13.6 Å². The third-order valence-corrected chi connectivity index (χ3v) is 10.7. The van der Waals surface area contributed by atoms with Crippen LogP contribution in [0.2, 0.25) is 0 Å². The molecule has 0 amide bonds. The topological polar surface area (TPSA) is 46.3 Å². The van der Waals surface area contributed by atoms with Gasteiger partial charge in [-0.2, -0.15) is 0 Å². The molecule has 222 valence electrons. The number of hydrogen-bond acceptors (Lipinski definition) is 3. The predicted molar refractivity (Wildman–Crippen MR) is 181 cm³/mol. The van der Waals surface area contributed by atoms with Gasteiger partial charge in [0, 0.05) is 43.6 Å². The fourth-order valence-corrected chi connectivity index (χ4v) is 8.52. The van der Waals surface area contributed by atoms with E-state index < -0.39 is 13.5 Å². The molecule has 0 fully saturated rings. The average molecular weight is 783 g/mol. The van der Waals surface area contributed by atoms with Crippen LogP contribution in [-0.4, -0.2) is 10.1 Å². The number of benzene rings is 5. The zero-order valence-electron chi connectivity index (χ0n) is 24.3. The molecule has 0 bridgehead atoms. The van der Waals surface area contributed by atoms with E-state index in [-0.39, 0.29) is 21.1 Å². The molecule has 1 aliphatic rings. The molecule has 2 heterocycles. The van der Waals surface area contributed by atoms with E-state index in [9.17, 15) is 5.11 Å². The number of nitrogens with zero attached hydrogens (tertiary/aromatic N) is 1. The Bertz CT molecular complexity index is 1840. The van der Waals surface area contributed by atoms with E-state index in [4.69, 9.17) is 9.40 Å². The van der Waals surface area contributed by atoms with Crippen molar-refractivity contribution in [3.8, 4) is 22.6 Å². The van der Waals surface area contributed by atoms with Gasteiger partial charge < -0.3 is 14.5 Å². The molecule has 0 saturated carbocycles. The number of hydrogen-bond donors (Lipinski definition) is 1. The molecular weight excluding hydrogens is 752 g/mol. The Labute approximate surface area is 279 Å². The fraction of sp³-hybridized carbons (Fsp3) is 0.0250. The molecule has 0 radical (unpaired) electrons. The van der Waals surface area contributed by atoms with E-state index >= 15 is 0 Å². The molecule has 1 aliphatic carbocycles. The number of furan rings is 1. The zero-order valence-corrected chi connectivity index (χ0v) is 27.6. The van der Waals surface area contributed by atoms with Gasteiger partial charge in [0.25, 0.3) is 0 Å². The van der Waals surface area contributed by atoms with Crippen molar-refractivity contribution in [2.24, 2.45) is 0 Å². The molecule has 45 heavy (non-hydrogen) atoms. The summed E-state index contributed by atoms with van der Waals surface area (Å²) in [7, 11) is -0.877. The van der Waals surface area contributed by atoms with Gasteiger partial charge >= 0.3 is 0 Å². The van der Waals surface area contributed by atoms with Crippen LogP contribution in [0.5, 0.6) is 0 Å². The first-order valence-corrected chi connectivity index (χ1v) is 16.1. The van der Waals surface area contributed by atoms with Crippen LogP contribution < -0.4 is 15.9 Å². The molecule has 7 aromatic rings. The molecule has 5 aromatic carbocycles. The summed E-state index contributed by atoms with van der Waals surface area (Å²) in [6, 6.07) is 58.7. The molecule has 0 aliphatic heterocycles. The van der Waals surface area contributed by atoms with E-state index in [1.807, 2.05) is 66.7 Å². The Morgan fingerprint density at radius 3 is 1.49 bits per heavy atom. The van der Waals surface area contributed by atoms with Gasteiger partial charge in [-0.05, 0) is 59.9 Å². The standard InChI is InChI=1S/C22H14NO2.C18H15P.Pt/c24-22(21-13-5-11-19(23-21)20-12-6-14-25-20)17-9-3-1-7-15(17)16-8-2-4-10-18(16)22;1-4-10-16(11-5-1)19(17-12-6-2-7-13-17)18-14-8-3-9-15-18;/h1-11,13-14,24H;1-15H;/q-1;;/p+1. The predicted octanol–water partition coefficient (Wildman–Crippen LogP) is 7.58. The van der Waals surface area contributed by atoms with Crippen molar-refractivity contribution < 1.29 is 30.6 Å². The minimum atomic E-state index is -1.28. The van der Waals surface area contributed by atoms with E-state index in [2.05, 4.69) is 97.1 Å². The third-order valence-electron chi connectivity index (χ3n) is 7.93. The number of fused-ring (bicyclic) bond motifs is 3. The molecule has 1 N–H and O–H groups in total. The van der Waals surface area contributed by atoms with Gasteiger partial charge in [-0.15, -0.1) is 12.1 Å². The number of rotatable bonds is 5. The van der Waals surface area contributed by atoms with Crippen LogP contribution in [0.4, 0.5) is 0 Å². The van der Waals surface area contributed by atoms with Gasteiger partial charge in [-0.25, -0.2) is 0 Å². The van der Waals surface area contributed by atoms with E-state index in [0.29, 0.717) is 17.1 Å². The molecule has 5 heteroatoms. The van der Waals surface area contributed by atoms with Gasteiger partial charge in [-0.3, -0.25) is 0 Å². The van der Waals surface area contributed by atoms with Crippen LogP contribution in [0.1, 0.15) is 16.8 Å². The van der Waals surface area contributed by atoms with Crippen molar-refractivity contribution in [1.82, 2.24) is 4.98 Å². The summed E-state index contributed by atoms with van der Waals surface area (Å²) in [6.07, 6.45) is 1.57. The second-order valence-corrected chi connectivity index (χ2v) is 13.1. The molecule has 2 aromatic heterocycles. The average Bonchev–Trinajstić information content (AvgIpc) is 3.74. The minimum Gasteiger partial charge on any atom is -0.545 e.